The Morgan fingerprint density at radius 2 is 0.812 bits per heavy atom. The molecule has 0 fully saturated rings. The van der Waals surface area contributed by atoms with Gasteiger partial charge in [-0.05, 0) is 19.8 Å². The second kappa shape index (κ2) is 26.7. The summed E-state index contributed by atoms with van der Waals surface area (Å²) < 4.78 is 0. The van der Waals surface area contributed by atoms with Crippen LogP contribution < -0.4 is 5.32 Å². The fourth-order valence-electron chi connectivity index (χ4n) is 4.66. The first-order valence-corrected chi connectivity index (χ1v) is 15.0. The molecule has 2 heteroatoms. The Morgan fingerprint density at radius 3 is 1.19 bits per heavy atom. The van der Waals surface area contributed by atoms with Gasteiger partial charge in [0.25, 0.3) is 0 Å². The third-order valence-corrected chi connectivity index (χ3v) is 6.91. The molecule has 0 aliphatic carbocycles. The number of carbonyl (C=O) groups is 1. The van der Waals surface area contributed by atoms with Crippen LogP contribution in [0.3, 0.4) is 0 Å². The summed E-state index contributed by atoms with van der Waals surface area (Å²) in [6.07, 6.45) is 33.3. The average molecular weight is 452 g/mol. The molecule has 0 saturated carbocycles. The molecule has 1 amide bonds. The summed E-state index contributed by atoms with van der Waals surface area (Å²) in [4.78, 5) is 12.1. The topological polar surface area (TPSA) is 29.1 Å². The Balaban J connectivity index is 3.29. The summed E-state index contributed by atoms with van der Waals surface area (Å²) in [5, 5.41) is 3.22. The third-order valence-electron chi connectivity index (χ3n) is 6.91. The maximum atomic E-state index is 12.1. The molecular weight excluding hydrogens is 390 g/mol. The molecule has 0 aromatic heterocycles. The molecular formula is C30H61NO. The number of rotatable bonds is 26. The van der Waals surface area contributed by atoms with Gasteiger partial charge in [-0.15, -0.1) is 0 Å². The zero-order valence-corrected chi connectivity index (χ0v) is 22.7. The zero-order valence-electron chi connectivity index (χ0n) is 22.7. The minimum absolute atomic E-state index is 0.271. The number of amides is 1. The fraction of sp³-hybridized carbons (Fsp3) is 0.967. The van der Waals surface area contributed by atoms with Crippen LogP contribution in [0.15, 0.2) is 0 Å². The molecule has 0 bridgehead atoms. The van der Waals surface area contributed by atoms with Crippen molar-refractivity contribution in [2.75, 3.05) is 0 Å². The van der Waals surface area contributed by atoms with Crippen molar-refractivity contribution in [3.8, 4) is 0 Å². The van der Waals surface area contributed by atoms with Crippen molar-refractivity contribution in [2.45, 2.75) is 187 Å². The van der Waals surface area contributed by atoms with E-state index in [0.29, 0.717) is 6.04 Å². The van der Waals surface area contributed by atoms with E-state index in [1.807, 2.05) is 0 Å². The lowest BCUT2D eigenvalue weighted by atomic mass is 10.0. The van der Waals surface area contributed by atoms with Crippen LogP contribution in [-0.2, 0) is 4.79 Å². The highest BCUT2D eigenvalue weighted by molar-refractivity contribution is 5.76. The molecule has 32 heavy (non-hydrogen) atoms. The third kappa shape index (κ3) is 25.7. The van der Waals surface area contributed by atoms with Gasteiger partial charge in [0.05, 0.1) is 0 Å². The van der Waals surface area contributed by atoms with Crippen LogP contribution in [0.1, 0.15) is 181 Å². The number of nitrogens with one attached hydrogen (secondary N) is 1. The fourth-order valence-corrected chi connectivity index (χ4v) is 4.66. The number of unbranched alkanes of at least 4 members (excludes halogenated alkanes) is 21. The van der Waals surface area contributed by atoms with Gasteiger partial charge in [0.15, 0.2) is 0 Å². The lowest BCUT2D eigenvalue weighted by Gasteiger charge is -2.13. The van der Waals surface area contributed by atoms with Gasteiger partial charge in [0.2, 0.25) is 5.91 Å². The molecule has 0 rings (SSSR count). The highest BCUT2D eigenvalue weighted by atomic mass is 16.1. The molecule has 0 saturated heterocycles. The first-order chi connectivity index (χ1) is 15.7. The molecule has 0 aliphatic rings. The van der Waals surface area contributed by atoms with E-state index in [4.69, 9.17) is 0 Å². The van der Waals surface area contributed by atoms with Crippen LogP contribution >= 0.6 is 0 Å². The van der Waals surface area contributed by atoms with Gasteiger partial charge in [-0.1, -0.05) is 155 Å². The molecule has 192 valence electrons. The predicted octanol–water partition coefficient (Wildman–Crippen LogP) is 10.3. The van der Waals surface area contributed by atoms with Crippen molar-refractivity contribution < 1.29 is 4.79 Å². The largest absolute Gasteiger partial charge is 0.354 e. The van der Waals surface area contributed by atoms with Gasteiger partial charge in [-0.25, -0.2) is 0 Å². The van der Waals surface area contributed by atoms with Gasteiger partial charge < -0.3 is 5.32 Å². The predicted molar refractivity (Wildman–Crippen MR) is 144 cm³/mol. The number of carbonyl (C=O) groups excluding carboxylic acids is 1. The number of hydrogen-bond acceptors (Lipinski definition) is 1. The second-order valence-corrected chi connectivity index (χ2v) is 10.4. The molecule has 0 radical (unpaired) electrons. The Bertz CT molecular complexity index is 368. The maximum absolute atomic E-state index is 12.1. The first kappa shape index (κ1) is 31.5. The zero-order chi connectivity index (χ0) is 23.5. The van der Waals surface area contributed by atoms with Gasteiger partial charge in [0.1, 0.15) is 0 Å². The van der Waals surface area contributed by atoms with Crippen LogP contribution in [0.2, 0.25) is 0 Å². The van der Waals surface area contributed by atoms with Crippen molar-refractivity contribution in [1.82, 2.24) is 5.32 Å². The quantitative estimate of drug-likeness (QED) is 0.130. The van der Waals surface area contributed by atoms with Crippen LogP contribution in [0, 0.1) is 0 Å². The summed E-state index contributed by atoms with van der Waals surface area (Å²) >= 11 is 0. The highest BCUT2D eigenvalue weighted by Gasteiger charge is 2.07. The van der Waals surface area contributed by atoms with Crippen molar-refractivity contribution in [1.29, 1.82) is 0 Å². The minimum Gasteiger partial charge on any atom is -0.354 e. The molecule has 0 spiro atoms. The van der Waals surface area contributed by atoms with E-state index in [1.54, 1.807) is 0 Å². The van der Waals surface area contributed by atoms with E-state index >= 15 is 0 Å². The van der Waals surface area contributed by atoms with E-state index in [-0.39, 0.29) is 5.91 Å². The Hall–Kier alpha value is -0.530. The van der Waals surface area contributed by atoms with Crippen LogP contribution in [0.5, 0.6) is 0 Å². The molecule has 2 nitrogen and oxygen atoms in total. The molecule has 1 unspecified atom stereocenters. The summed E-state index contributed by atoms with van der Waals surface area (Å²) in [6.45, 7) is 6.74. The van der Waals surface area contributed by atoms with E-state index in [1.165, 1.54) is 141 Å². The van der Waals surface area contributed by atoms with Crippen LogP contribution in [0.25, 0.3) is 0 Å². The molecule has 0 aromatic rings. The lowest BCUT2D eigenvalue weighted by molar-refractivity contribution is -0.121. The maximum Gasteiger partial charge on any atom is 0.220 e. The minimum atomic E-state index is 0.271. The normalized spacial score (nSPS) is 12.2. The van der Waals surface area contributed by atoms with Crippen molar-refractivity contribution in [3.63, 3.8) is 0 Å². The summed E-state index contributed by atoms with van der Waals surface area (Å²) in [5.41, 5.74) is 0. The SMILES string of the molecule is CCCCCCCCCCCCCCC(C)NC(=O)CCCCCCCCCCCCC. The number of hydrogen-bond donors (Lipinski definition) is 1. The highest BCUT2D eigenvalue weighted by Crippen LogP contribution is 2.14. The Morgan fingerprint density at radius 1 is 0.500 bits per heavy atom. The molecule has 0 aromatic carbocycles. The molecule has 1 N–H and O–H groups in total. The van der Waals surface area contributed by atoms with Crippen LogP contribution in [0.4, 0.5) is 0 Å². The molecule has 0 heterocycles. The van der Waals surface area contributed by atoms with E-state index < -0.39 is 0 Å². The second-order valence-electron chi connectivity index (χ2n) is 10.4. The van der Waals surface area contributed by atoms with Crippen LogP contribution in [-0.4, -0.2) is 11.9 Å². The standard InChI is InChI=1S/C30H61NO/c1-4-6-8-10-12-14-16-18-19-21-23-25-27-29(3)31-30(32)28-26-24-22-20-17-15-13-11-9-7-5-2/h29H,4-28H2,1-3H3,(H,31,32). The van der Waals surface area contributed by atoms with Gasteiger partial charge in [0, 0.05) is 12.5 Å². The Kier molecular flexibility index (Phi) is 26.3. The van der Waals surface area contributed by atoms with E-state index in [9.17, 15) is 4.79 Å². The van der Waals surface area contributed by atoms with Crippen molar-refractivity contribution in [2.24, 2.45) is 0 Å². The van der Waals surface area contributed by atoms with Gasteiger partial charge in [-0.2, -0.15) is 0 Å². The lowest BCUT2D eigenvalue weighted by Crippen LogP contribution is -2.32. The summed E-state index contributed by atoms with van der Waals surface area (Å²) in [7, 11) is 0. The van der Waals surface area contributed by atoms with E-state index in [2.05, 4.69) is 26.1 Å². The smallest absolute Gasteiger partial charge is 0.220 e. The molecule has 1 atom stereocenters. The summed E-state index contributed by atoms with van der Waals surface area (Å²) in [5.74, 6) is 0.271. The van der Waals surface area contributed by atoms with Gasteiger partial charge >= 0.3 is 0 Å². The van der Waals surface area contributed by atoms with E-state index in [0.717, 1.165) is 19.3 Å². The summed E-state index contributed by atoms with van der Waals surface area (Å²) in [6, 6.07) is 0.346. The van der Waals surface area contributed by atoms with Gasteiger partial charge in [-0.3, -0.25) is 4.79 Å². The van der Waals surface area contributed by atoms with Crippen molar-refractivity contribution >= 4 is 5.91 Å². The first-order valence-electron chi connectivity index (χ1n) is 15.0. The monoisotopic (exact) mass is 451 g/mol. The van der Waals surface area contributed by atoms with Crippen molar-refractivity contribution in [3.05, 3.63) is 0 Å². The Labute approximate surface area is 203 Å². The molecule has 0 aliphatic heterocycles. The average Bonchev–Trinajstić information content (AvgIpc) is 2.78.